The SMILES string of the molecule is O=C(c1ccn[nH]1)N(C1CC1)[C@@H]1CCCc2ccccc21. The minimum absolute atomic E-state index is 0.0942. The van der Waals surface area contributed by atoms with Crippen LogP contribution in [0.5, 0.6) is 0 Å². The first kappa shape index (κ1) is 12.6. The molecule has 1 aromatic carbocycles. The van der Waals surface area contributed by atoms with Crippen molar-refractivity contribution in [2.45, 2.75) is 44.2 Å². The van der Waals surface area contributed by atoms with Crippen molar-refractivity contribution in [3.63, 3.8) is 0 Å². The van der Waals surface area contributed by atoms with Gasteiger partial charge in [0.2, 0.25) is 0 Å². The summed E-state index contributed by atoms with van der Waals surface area (Å²) in [6, 6.07) is 11.0. The molecule has 0 radical (unpaired) electrons. The van der Waals surface area contributed by atoms with Gasteiger partial charge in [0.15, 0.2) is 0 Å². The number of H-pyrrole nitrogens is 1. The van der Waals surface area contributed by atoms with Crippen molar-refractivity contribution in [1.29, 1.82) is 0 Å². The van der Waals surface area contributed by atoms with Crippen LogP contribution in [0.25, 0.3) is 0 Å². The Bertz CT molecular complexity index is 646. The molecule has 4 heteroatoms. The minimum Gasteiger partial charge on any atom is -0.327 e. The van der Waals surface area contributed by atoms with E-state index in [1.54, 1.807) is 12.3 Å². The van der Waals surface area contributed by atoms with Gasteiger partial charge in [0, 0.05) is 12.2 Å². The molecule has 0 bridgehead atoms. The molecule has 1 heterocycles. The normalized spacial score (nSPS) is 20.9. The highest BCUT2D eigenvalue weighted by atomic mass is 16.2. The molecule has 108 valence electrons. The van der Waals surface area contributed by atoms with E-state index in [2.05, 4.69) is 39.4 Å². The molecule has 4 rings (SSSR count). The fraction of sp³-hybridized carbons (Fsp3) is 0.412. The summed E-state index contributed by atoms with van der Waals surface area (Å²) in [5.41, 5.74) is 3.34. The molecule has 1 atom stereocenters. The number of benzene rings is 1. The Labute approximate surface area is 124 Å². The van der Waals surface area contributed by atoms with E-state index in [-0.39, 0.29) is 11.9 Å². The van der Waals surface area contributed by atoms with Crippen molar-refractivity contribution < 1.29 is 4.79 Å². The number of nitrogens with zero attached hydrogens (tertiary/aromatic N) is 2. The molecule has 1 fully saturated rings. The zero-order valence-electron chi connectivity index (χ0n) is 12.0. The Morgan fingerprint density at radius 2 is 2.05 bits per heavy atom. The average Bonchev–Trinajstić information content (AvgIpc) is 3.20. The standard InChI is InChI=1S/C17H19N3O/c21-17(15-10-11-18-19-15)20(13-8-9-13)16-7-3-5-12-4-1-2-6-14(12)16/h1-2,4,6,10-11,13,16H,3,5,7-9H2,(H,18,19)/t16-/m1/s1. The Balaban J connectivity index is 1.71. The Kier molecular flexibility index (Phi) is 3.02. The number of amides is 1. The summed E-state index contributed by atoms with van der Waals surface area (Å²) in [6.07, 6.45) is 7.24. The van der Waals surface area contributed by atoms with Gasteiger partial charge < -0.3 is 4.90 Å². The van der Waals surface area contributed by atoms with Crippen molar-refractivity contribution in [3.05, 3.63) is 53.3 Å². The Morgan fingerprint density at radius 3 is 2.81 bits per heavy atom. The number of rotatable bonds is 3. The van der Waals surface area contributed by atoms with E-state index in [0.29, 0.717) is 11.7 Å². The fourth-order valence-electron chi connectivity index (χ4n) is 3.45. The number of carbonyl (C=O) groups is 1. The van der Waals surface area contributed by atoms with Crippen molar-refractivity contribution in [2.75, 3.05) is 0 Å². The maximum absolute atomic E-state index is 12.9. The molecule has 1 saturated carbocycles. The highest BCUT2D eigenvalue weighted by molar-refractivity contribution is 5.93. The van der Waals surface area contributed by atoms with Crippen molar-refractivity contribution in [2.24, 2.45) is 0 Å². The van der Waals surface area contributed by atoms with Crippen LogP contribution in [0.4, 0.5) is 0 Å². The van der Waals surface area contributed by atoms with E-state index in [4.69, 9.17) is 0 Å². The number of aromatic nitrogens is 2. The van der Waals surface area contributed by atoms with Gasteiger partial charge in [-0.3, -0.25) is 9.89 Å². The number of hydrogen-bond donors (Lipinski definition) is 1. The molecule has 0 unspecified atom stereocenters. The van der Waals surface area contributed by atoms with Gasteiger partial charge in [0.1, 0.15) is 5.69 Å². The molecular weight excluding hydrogens is 262 g/mol. The van der Waals surface area contributed by atoms with Crippen LogP contribution < -0.4 is 0 Å². The van der Waals surface area contributed by atoms with Gasteiger partial charge in [-0.1, -0.05) is 24.3 Å². The first-order valence-corrected chi connectivity index (χ1v) is 7.74. The molecule has 0 saturated heterocycles. The molecule has 4 nitrogen and oxygen atoms in total. The molecule has 1 N–H and O–H groups in total. The maximum atomic E-state index is 12.9. The minimum atomic E-state index is 0.0942. The number of aromatic amines is 1. The van der Waals surface area contributed by atoms with Crippen LogP contribution in [0.3, 0.4) is 0 Å². The van der Waals surface area contributed by atoms with Gasteiger partial charge in [-0.15, -0.1) is 0 Å². The number of carbonyl (C=O) groups excluding carboxylic acids is 1. The maximum Gasteiger partial charge on any atom is 0.272 e. The molecular formula is C17H19N3O. The predicted octanol–water partition coefficient (Wildman–Crippen LogP) is 3.09. The van der Waals surface area contributed by atoms with E-state index in [9.17, 15) is 4.79 Å². The topological polar surface area (TPSA) is 49.0 Å². The monoisotopic (exact) mass is 281 g/mol. The van der Waals surface area contributed by atoms with Gasteiger partial charge in [-0.05, 0) is 49.3 Å². The quantitative estimate of drug-likeness (QED) is 0.939. The second-order valence-electron chi connectivity index (χ2n) is 6.02. The van der Waals surface area contributed by atoms with Crippen molar-refractivity contribution in [3.8, 4) is 0 Å². The lowest BCUT2D eigenvalue weighted by atomic mass is 9.86. The molecule has 1 aromatic heterocycles. The van der Waals surface area contributed by atoms with Crippen LogP contribution >= 0.6 is 0 Å². The lowest BCUT2D eigenvalue weighted by molar-refractivity contribution is 0.0631. The van der Waals surface area contributed by atoms with Crippen LogP contribution in [0.15, 0.2) is 36.5 Å². The third kappa shape index (κ3) is 2.24. The Hall–Kier alpha value is -2.10. The zero-order chi connectivity index (χ0) is 14.2. The van der Waals surface area contributed by atoms with E-state index in [1.807, 2.05) is 0 Å². The van der Waals surface area contributed by atoms with Gasteiger partial charge >= 0.3 is 0 Å². The summed E-state index contributed by atoms with van der Waals surface area (Å²) in [7, 11) is 0. The van der Waals surface area contributed by atoms with Crippen molar-refractivity contribution in [1.82, 2.24) is 15.1 Å². The number of aryl methyl sites for hydroxylation is 1. The van der Waals surface area contributed by atoms with Gasteiger partial charge in [0.05, 0.1) is 6.04 Å². The summed E-state index contributed by atoms with van der Waals surface area (Å²) in [5.74, 6) is 0.0942. The van der Waals surface area contributed by atoms with E-state index in [0.717, 1.165) is 32.1 Å². The number of fused-ring (bicyclic) bond motifs is 1. The Morgan fingerprint density at radius 1 is 1.19 bits per heavy atom. The zero-order valence-corrected chi connectivity index (χ0v) is 12.0. The molecule has 0 aliphatic heterocycles. The van der Waals surface area contributed by atoms with E-state index < -0.39 is 0 Å². The molecule has 2 aliphatic rings. The first-order chi connectivity index (χ1) is 10.3. The summed E-state index contributed by atoms with van der Waals surface area (Å²) in [5, 5.41) is 6.74. The van der Waals surface area contributed by atoms with Crippen LogP contribution in [-0.4, -0.2) is 27.0 Å². The molecule has 2 aliphatic carbocycles. The van der Waals surface area contributed by atoms with Crippen LogP contribution in [0, 0.1) is 0 Å². The third-order valence-electron chi connectivity index (χ3n) is 4.58. The molecule has 1 amide bonds. The van der Waals surface area contributed by atoms with Gasteiger partial charge in [-0.2, -0.15) is 5.10 Å². The predicted molar refractivity (Wildman–Crippen MR) is 79.9 cm³/mol. The largest absolute Gasteiger partial charge is 0.327 e. The second kappa shape index (κ2) is 5.02. The number of nitrogens with one attached hydrogen (secondary N) is 1. The molecule has 21 heavy (non-hydrogen) atoms. The lowest BCUT2D eigenvalue weighted by Gasteiger charge is -2.36. The highest BCUT2D eigenvalue weighted by Gasteiger charge is 2.40. The molecule has 0 spiro atoms. The van der Waals surface area contributed by atoms with Crippen LogP contribution in [-0.2, 0) is 6.42 Å². The smallest absolute Gasteiger partial charge is 0.272 e. The van der Waals surface area contributed by atoms with Crippen molar-refractivity contribution >= 4 is 5.91 Å². The van der Waals surface area contributed by atoms with E-state index >= 15 is 0 Å². The molecule has 2 aromatic rings. The fourth-order valence-corrected chi connectivity index (χ4v) is 3.45. The highest BCUT2D eigenvalue weighted by Crippen LogP contribution is 2.41. The van der Waals surface area contributed by atoms with Crippen LogP contribution in [0.1, 0.15) is 53.3 Å². The second-order valence-corrected chi connectivity index (χ2v) is 6.02. The third-order valence-corrected chi connectivity index (χ3v) is 4.58. The summed E-state index contributed by atoms with van der Waals surface area (Å²) >= 11 is 0. The lowest BCUT2D eigenvalue weighted by Crippen LogP contribution is -2.38. The van der Waals surface area contributed by atoms with Crippen LogP contribution in [0.2, 0.25) is 0 Å². The summed E-state index contributed by atoms with van der Waals surface area (Å²) in [4.78, 5) is 15.0. The average molecular weight is 281 g/mol. The number of hydrogen-bond acceptors (Lipinski definition) is 2. The first-order valence-electron chi connectivity index (χ1n) is 7.74. The van der Waals surface area contributed by atoms with Gasteiger partial charge in [-0.25, -0.2) is 0 Å². The summed E-state index contributed by atoms with van der Waals surface area (Å²) in [6.45, 7) is 0. The van der Waals surface area contributed by atoms with Gasteiger partial charge in [0.25, 0.3) is 5.91 Å². The van der Waals surface area contributed by atoms with E-state index in [1.165, 1.54) is 11.1 Å². The summed E-state index contributed by atoms with van der Waals surface area (Å²) < 4.78 is 0.